The third kappa shape index (κ3) is 4.77. The number of likely N-dealkylation sites (tertiary alicyclic amines) is 1. The summed E-state index contributed by atoms with van der Waals surface area (Å²) in [5.74, 6) is 0.779. The second-order valence-electron chi connectivity index (χ2n) is 7.80. The Labute approximate surface area is 177 Å². The van der Waals surface area contributed by atoms with Crippen molar-refractivity contribution in [2.75, 3.05) is 25.4 Å². The minimum absolute atomic E-state index is 0.349. The number of hydrogen-bond acceptors (Lipinski definition) is 4. The van der Waals surface area contributed by atoms with E-state index in [-0.39, 0.29) is 0 Å². The van der Waals surface area contributed by atoms with Crippen LogP contribution in [-0.2, 0) is 6.42 Å². The van der Waals surface area contributed by atoms with E-state index in [0.717, 1.165) is 66.4 Å². The number of hydrogen-bond donors (Lipinski definition) is 1. The minimum Gasteiger partial charge on any atom is -0.368 e. The first-order chi connectivity index (χ1) is 14.1. The molecule has 0 unspecified atom stereocenters. The van der Waals surface area contributed by atoms with E-state index >= 15 is 0 Å². The van der Waals surface area contributed by atoms with Gasteiger partial charge in [-0.3, -0.25) is 0 Å². The number of nitrogen functional groups attached to an aromatic ring is 1. The lowest BCUT2D eigenvalue weighted by atomic mass is 9.89. The predicted octanol–water partition coefficient (Wildman–Crippen LogP) is 5.11. The van der Waals surface area contributed by atoms with Gasteiger partial charge in [-0.05, 0) is 62.5 Å². The van der Waals surface area contributed by atoms with Crippen molar-refractivity contribution in [3.63, 3.8) is 0 Å². The van der Waals surface area contributed by atoms with Gasteiger partial charge in [0.05, 0.1) is 11.4 Å². The molecule has 0 aliphatic carbocycles. The first-order valence-electron chi connectivity index (χ1n) is 10.3. The number of aromatic nitrogens is 2. The van der Waals surface area contributed by atoms with Gasteiger partial charge in [-0.2, -0.15) is 0 Å². The summed E-state index contributed by atoms with van der Waals surface area (Å²) in [5.41, 5.74) is 11.7. The van der Waals surface area contributed by atoms with Crippen molar-refractivity contribution < 1.29 is 0 Å². The Morgan fingerprint density at radius 3 is 2.38 bits per heavy atom. The maximum atomic E-state index is 6.08. The third-order valence-corrected chi connectivity index (χ3v) is 6.10. The minimum atomic E-state index is 0.349. The van der Waals surface area contributed by atoms with Gasteiger partial charge in [0.25, 0.3) is 0 Å². The monoisotopic (exact) mass is 406 g/mol. The lowest BCUT2D eigenvalue weighted by Gasteiger charge is -2.32. The number of anilines is 1. The van der Waals surface area contributed by atoms with Gasteiger partial charge in [-0.25, -0.2) is 9.97 Å². The Hall–Kier alpha value is -2.43. The molecule has 0 radical (unpaired) electrons. The number of nitrogens with two attached hydrogens (primary N) is 1. The van der Waals surface area contributed by atoms with Crippen molar-refractivity contribution >= 4 is 17.5 Å². The van der Waals surface area contributed by atoms with Crippen molar-refractivity contribution in [3.05, 3.63) is 76.4 Å². The Morgan fingerprint density at radius 2 is 1.69 bits per heavy atom. The SMILES string of the molecule is Cc1c(-c2ccc(Cl)cc2)nc(N)nc1C1CCN(CCc2ccccc2)CC1. The molecule has 2 N–H and O–H groups in total. The van der Waals surface area contributed by atoms with Gasteiger partial charge in [-0.1, -0.05) is 54.1 Å². The van der Waals surface area contributed by atoms with Gasteiger partial charge < -0.3 is 10.6 Å². The highest BCUT2D eigenvalue weighted by Gasteiger charge is 2.25. The van der Waals surface area contributed by atoms with E-state index in [1.807, 2.05) is 24.3 Å². The Morgan fingerprint density at radius 1 is 1.00 bits per heavy atom. The van der Waals surface area contributed by atoms with Crippen LogP contribution >= 0.6 is 11.6 Å². The van der Waals surface area contributed by atoms with Gasteiger partial charge in [0.1, 0.15) is 0 Å². The van der Waals surface area contributed by atoms with Crippen molar-refractivity contribution in [2.24, 2.45) is 0 Å². The summed E-state index contributed by atoms with van der Waals surface area (Å²) in [6.07, 6.45) is 3.31. The van der Waals surface area contributed by atoms with E-state index in [9.17, 15) is 0 Å². The molecule has 4 nitrogen and oxygen atoms in total. The van der Waals surface area contributed by atoms with Crippen molar-refractivity contribution in [2.45, 2.75) is 32.1 Å². The van der Waals surface area contributed by atoms with Crippen molar-refractivity contribution in [3.8, 4) is 11.3 Å². The molecule has 1 aromatic heterocycles. The predicted molar refractivity (Wildman–Crippen MR) is 120 cm³/mol. The van der Waals surface area contributed by atoms with Crippen LogP contribution in [-0.4, -0.2) is 34.5 Å². The molecule has 4 rings (SSSR count). The van der Waals surface area contributed by atoms with E-state index in [1.165, 1.54) is 5.56 Å². The van der Waals surface area contributed by atoms with Crippen LogP contribution in [0.4, 0.5) is 5.95 Å². The third-order valence-electron chi connectivity index (χ3n) is 5.85. The van der Waals surface area contributed by atoms with Gasteiger partial charge in [-0.15, -0.1) is 0 Å². The number of rotatable bonds is 5. The van der Waals surface area contributed by atoms with Crippen LogP contribution in [0.3, 0.4) is 0 Å². The normalized spacial score (nSPS) is 15.5. The first kappa shape index (κ1) is 19.9. The smallest absolute Gasteiger partial charge is 0.220 e. The molecule has 1 saturated heterocycles. The molecule has 1 aliphatic rings. The molecule has 2 aromatic carbocycles. The molecule has 0 atom stereocenters. The average molecular weight is 407 g/mol. The molecule has 0 amide bonds. The number of nitrogens with zero attached hydrogens (tertiary/aromatic N) is 3. The standard InChI is InChI=1S/C24H27ClN4/c1-17-22(19-7-9-21(25)10-8-19)27-24(26)28-23(17)20-12-15-29(16-13-20)14-11-18-5-3-2-4-6-18/h2-10,20H,11-16H2,1H3,(H2,26,27,28). The van der Waals surface area contributed by atoms with Crippen LogP contribution in [0.1, 0.15) is 35.6 Å². The van der Waals surface area contributed by atoms with E-state index in [0.29, 0.717) is 11.9 Å². The highest BCUT2D eigenvalue weighted by Crippen LogP contribution is 2.33. The van der Waals surface area contributed by atoms with Crippen LogP contribution in [0.2, 0.25) is 5.02 Å². The second-order valence-corrected chi connectivity index (χ2v) is 8.24. The van der Waals surface area contributed by atoms with Crippen molar-refractivity contribution in [1.82, 2.24) is 14.9 Å². The summed E-state index contributed by atoms with van der Waals surface area (Å²) in [5, 5.41) is 0.719. The van der Waals surface area contributed by atoms with Crippen molar-refractivity contribution in [1.29, 1.82) is 0 Å². The fourth-order valence-electron chi connectivity index (χ4n) is 4.20. The van der Waals surface area contributed by atoms with Gasteiger partial charge in [0, 0.05) is 23.0 Å². The Kier molecular flexibility index (Phi) is 6.12. The highest BCUT2D eigenvalue weighted by molar-refractivity contribution is 6.30. The zero-order valence-corrected chi connectivity index (χ0v) is 17.6. The highest BCUT2D eigenvalue weighted by atomic mass is 35.5. The van der Waals surface area contributed by atoms with Gasteiger partial charge >= 0.3 is 0 Å². The fourth-order valence-corrected chi connectivity index (χ4v) is 4.33. The molecule has 5 heteroatoms. The molecule has 3 aromatic rings. The number of halogens is 1. The molecule has 29 heavy (non-hydrogen) atoms. The summed E-state index contributed by atoms with van der Waals surface area (Å²) in [7, 11) is 0. The number of benzene rings is 2. The second kappa shape index (κ2) is 8.93. The molecule has 150 valence electrons. The van der Waals surface area contributed by atoms with E-state index < -0.39 is 0 Å². The molecular formula is C24H27ClN4. The maximum absolute atomic E-state index is 6.08. The number of piperidine rings is 1. The zero-order chi connectivity index (χ0) is 20.2. The van der Waals surface area contributed by atoms with Gasteiger partial charge in [0.15, 0.2) is 0 Å². The fraction of sp³-hybridized carbons (Fsp3) is 0.333. The van der Waals surface area contributed by atoms with Crippen LogP contribution < -0.4 is 5.73 Å². The molecule has 1 aliphatic heterocycles. The summed E-state index contributed by atoms with van der Waals surface area (Å²) < 4.78 is 0. The summed E-state index contributed by atoms with van der Waals surface area (Å²) in [4.78, 5) is 11.7. The molecular weight excluding hydrogens is 380 g/mol. The molecule has 0 saturated carbocycles. The van der Waals surface area contributed by atoms with Crippen LogP contribution in [0.15, 0.2) is 54.6 Å². The summed E-state index contributed by atoms with van der Waals surface area (Å²) in [6.45, 7) is 5.41. The summed E-state index contributed by atoms with van der Waals surface area (Å²) in [6, 6.07) is 18.5. The maximum Gasteiger partial charge on any atom is 0.220 e. The largest absolute Gasteiger partial charge is 0.368 e. The Bertz CT molecular complexity index is 949. The molecule has 0 spiro atoms. The van der Waals surface area contributed by atoms with E-state index in [2.05, 4.69) is 52.1 Å². The van der Waals surface area contributed by atoms with Crippen LogP contribution in [0.25, 0.3) is 11.3 Å². The quantitative estimate of drug-likeness (QED) is 0.639. The van der Waals surface area contributed by atoms with Gasteiger partial charge in [0.2, 0.25) is 5.95 Å². The summed E-state index contributed by atoms with van der Waals surface area (Å²) >= 11 is 6.04. The lowest BCUT2D eigenvalue weighted by molar-refractivity contribution is 0.213. The van der Waals surface area contributed by atoms with Crippen LogP contribution in [0.5, 0.6) is 0 Å². The Balaban J connectivity index is 1.45. The topological polar surface area (TPSA) is 55.0 Å². The van der Waals surface area contributed by atoms with E-state index in [4.69, 9.17) is 17.3 Å². The molecule has 1 fully saturated rings. The van der Waals surface area contributed by atoms with Crippen LogP contribution in [0, 0.1) is 6.92 Å². The molecule has 2 heterocycles. The lowest BCUT2D eigenvalue weighted by Crippen LogP contribution is -2.35. The first-order valence-corrected chi connectivity index (χ1v) is 10.6. The van der Waals surface area contributed by atoms with E-state index in [1.54, 1.807) is 0 Å². The zero-order valence-electron chi connectivity index (χ0n) is 16.8. The average Bonchev–Trinajstić information content (AvgIpc) is 2.75. The molecule has 0 bridgehead atoms.